The fourth-order valence-corrected chi connectivity index (χ4v) is 2.58. The van der Waals surface area contributed by atoms with Crippen molar-refractivity contribution in [3.05, 3.63) is 0 Å². The summed E-state index contributed by atoms with van der Waals surface area (Å²) in [6, 6.07) is 0. The highest BCUT2D eigenvalue weighted by molar-refractivity contribution is 6.21. The molecule has 0 heterocycles. The lowest BCUT2D eigenvalue weighted by molar-refractivity contribution is 0.364. The van der Waals surface area contributed by atoms with Gasteiger partial charge >= 0.3 is 0 Å². The molecule has 0 radical (unpaired) electrons. The Bertz CT molecular complexity index is 181. The number of hydrogen-bond donors (Lipinski definition) is 0. The molecule has 0 aliphatic heterocycles. The van der Waals surface area contributed by atoms with Gasteiger partial charge in [0, 0.05) is 5.38 Å². The fourth-order valence-electron chi connectivity index (χ4n) is 2.42. The Morgan fingerprint density at radius 3 is 1.42 bits per heavy atom. The predicted molar refractivity (Wildman–Crippen MR) is 90.2 cm³/mol. The molecule has 0 saturated carbocycles. The van der Waals surface area contributed by atoms with Gasteiger partial charge in [-0.05, 0) is 11.8 Å². The van der Waals surface area contributed by atoms with Gasteiger partial charge in [-0.25, -0.2) is 0 Å². The number of hydrogen-bond acceptors (Lipinski definition) is 0. The van der Waals surface area contributed by atoms with Gasteiger partial charge in [-0.3, -0.25) is 0 Å². The molecule has 0 nitrogen and oxygen atoms in total. The summed E-state index contributed by atoms with van der Waals surface area (Å²) in [6.45, 7) is 9.00. The quantitative estimate of drug-likeness (QED) is 0.260. The highest BCUT2D eigenvalue weighted by Crippen LogP contribution is 2.28. The highest BCUT2D eigenvalue weighted by Gasteiger charge is 2.21. The van der Waals surface area contributed by atoms with E-state index in [9.17, 15) is 0 Å². The summed E-state index contributed by atoms with van der Waals surface area (Å²) in [4.78, 5) is 0. The summed E-state index contributed by atoms with van der Waals surface area (Å²) in [5.74, 6) is 0. The normalized spacial score (nSPS) is 13.7. The molecule has 0 aromatic rings. The summed E-state index contributed by atoms with van der Waals surface area (Å²) in [6.07, 6.45) is 16.7. The van der Waals surface area contributed by atoms with Crippen molar-refractivity contribution in [3.63, 3.8) is 0 Å². The van der Waals surface area contributed by atoms with E-state index in [1.807, 2.05) is 0 Å². The van der Waals surface area contributed by atoms with Crippen molar-refractivity contribution >= 4 is 11.6 Å². The van der Waals surface area contributed by atoms with Crippen molar-refractivity contribution in [3.8, 4) is 0 Å². The van der Waals surface area contributed by atoms with Crippen LogP contribution in [-0.2, 0) is 0 Å². The van der Waals surface area contributed by atoms with Crippen LogP contribution in [0, 0.1) is 5.41 Å². The van der Waals surface area contributed by atoms with Gasteiger partial charge in [0.25, 0.3) is 0 Å². The Morgan fingerprint density at radius 1 is 0.684 bits per heavy atom. The smallest absolute Gasteiger partial charge is 0.0384 e. The summed E-state index contributed by atoms with van der Waals surface area (Å²) >= 11 is 6.38. The second kappa shape index (κ2) is 12.1. The molecule has 0 amide bonds. The van der Waals surface area contributed by atoms with E-state index in [1.165, 1.54) is 77.0 Å². The van der Waals surface area contributed by atoms with Crippen LogP contribution in [0.1, 0.15) is 105 Å². The molecule has 116 valence electrons. The van der Waals surface area contributed by atoms with E-state index >= 15 is 0 Å². The van der Waals surface area contributed by atoms with Crippen LogP contribution in [0.15, 0.2) is 0 Å². The van der Waals surface area contributed by atoms with Crippen molar-refractivity contribution in [1.82, 2.24) is 0 Å². The molecule has 1 unspecified atom stereocenters. The maximum atomic E-state index is 6.38. The SMILES string of the molecule is CCCCCCCCCCCCCC(Cl)C(C)(C)C. The molecule has 1 heteroatoms. The van der Waals surface area contributed by atoms with Gasteiger partial charge in [-0.1, -0.05) is 98.3 Å². The van der Waals surface area contributed by atoms with Crippen molar-refractivity contribution in [2.45, 2.75) is 110 Å². The number of rotatable bonds is 12. The minimum atomic E-state index is 0.264. The van der Waals surface area contributed by atoms with E-state index in [0.29, 0.717) is 5.38 Å². The third-order valence-electron chi connectivity index (χ3n) is 4.00. The molecular formula is C18H37Cl. The van der Waals surface area contributed by atoms with Crippen LogP contribution in [0.5, 0.6) is 0 Å². The topological polar surface area (TPSA) is 0 Å². The van der Waals surface area contributed by atoms with Gasteiger partial charge in [-0.15, -0.1) is 11.6 Å². The third-order valence-corrected chi connectivity index (χ3v) is 4.87. The number of alkyl halides is 1. The summed E-state index contributed by atoms with van der Waals surface area (Å²) < 4.78 is 0. The van der Waals surface area contributed by atoms with Crippen molar-refractivity contribution in [2.75, 3.05) is 0 Å². The molecule has 0 N–H and O–H groups in total. The lowest BCUT2D eigenvalue weighted by Crippen LogP contribution is -2.20. The lowest BCUT2D eigenvalue weighted by Gasteiger charge is -2.24. The molecule has 0 bridgehead atoms. The third kappa shape index (κ3) is 13.0. The Morgan fingerprint density at radius 2 is 1.05 bits per heavy atom. The average molecular weight is 289 g/mol. The Kier molecular flexibility index (Phi) is 12.2. The molecule has 0 aromatic carbocycles. The van der Waals surface area contributed by atoms with Gasteiger partial charge in [0.05, 0.1) is 0 Å². The maximum absolute atomic E-state index is 6.38. The van der Waals surface area contributed by atoms with Gasteiger partial charge < -0.3 is 0 Å². The monoisotopic (exact) mass is 288 g/mol. The van der Waals surface area contributed by atoms with Crippen LogP contribution >= 0.6 is 11.6 Å². The minimum absolute atomic E-state index is 0.264. The largest absolute Gasteiger partial charge is 0.122 e. The second-order valence-corrected chi connectivity index (χ2v) is 7.68. The van der Waals surface area contributed by atoms with E-state index in [2.05, 4.69) is 27.7 Å². The van der Waals surface area contributed by atoms with Gasteiger partial charge in [-0.2, -0.15) is 0 Å². The molecule has 0 aliphatic carbocycles. The van der Waals surface area contributed by atoms with E-state index < -0.39 is 0 Å². The van der Waals surface area contributed by atoms with E-state index in [0.717, 1.165) is 0 Å². The van der Waals surface area contributed by atoms with Gasteiger partial charge in [0.15, 0.2) is 0 Å². The van der Waals surface area contributed by atoms with Crippen molar-refractivity contribution in [2.24, 2.45) is 5.41 Å². The Hall–Kier alpha value is 0.290. The number of unbranched alkanes of at least 4 members (excludes halogenated alkanes) is 10. The van der Waals surface area contributed by atoms with E-state index in [-0.39, 0.29) is 5.41 Å². The van der Waals surface area contributed by atoms with Crippen LogP contribution in [-0.4, -0.2) is 5.38 Å². The molecule has 0 spiro atoms. The summed E-state index contributed by atoms with van der Waals surface area (Å²) in [5, 5.41) is 0.339. The van der Waals surface area contributed by atoms with E-state index in [1.54, 1.807) is 0 Å². The Balaban J connectivity index is 3.15. The zero-order valence-corrected chi connectivity index (χ0v) is 14.7. The maximum Gasteiger partial charge on any atom is 0.0384 e. The van der Waals surface area contributed by atoms with Crippen LogP contribution < -0.4 is 0 Å². The molecule has 0 rings (SSSR count). The molecule has 0 aliphatic rings. The zero-order valence-electron chi connectivity index (χ0n) is 13.9. The summed E-state index contributed by atoms with van der Waals surface area (Å²) in [7, 11) is 0. The fraction of sp³-hybridized carbons (Fsp3) is 1.00. The van der Waals surface area contributed by atoms with Crippen LogP contribution in [0.25, 0.3) is 0 Å². The summed E-state index contributed by atoms with van der Waals surface area (Å²) in [5.41, 5.74) is 0.264. The predicted octanol–water partition coefficient (Wildman–Crippen LogP) is 7.34. The molecule has 0 aromatic heterocycles. The first-order valence-corrected chi connectivity index (χ1v) is 9.06. The molecule has 0 fully saturated rings. The van der Waals surface area contributed by atoms with Gasteiger partial charge in [0.1, 0.15) is 0 Å². The first-order valence-electron chi connectivity index (χ1n) is 8.62. The van der Waals surface area contributed by atoms with Gasteiger partial charge in [0.2, 0.25) is 0 Å². The zero-order chi connectivity index (χ0) is 14.6. The highest BCUT2D eigenvalue weighted by atomic mass is 35.5. The van der Waals surface area contributed by atoms with Crippen LogP contribution in [0.4, 0.5) is 0 Å². The average Bonchev–Trinajstić information content (AvgIpc) is 2.34. The van der Waals surface area contributed by atoms with E-state index in [4.69, 9.17) is 11.6 Å². The molecule has 1 atom stereocenters. The standard InChI is InChI=1S/C18H37Cl/c1-5-6-7-8-9-10-11-12-13-14-15-16-17(19)18(2,3)4/h17H,5-16H2,1-4H3. The van der Waals surface area contributed by atoms with Crippen LogP contribution in [0.3, 0.4) is 0 Å². The molecule has 0 saturated heterocycles. The van der Waals surface area contributed by atoms with Crippen molar-refractivity contribution < 1.29 is 0 Å². The molecular weight excluding hydrogens is 252 g/mol. The van der Waals surface area contributed by atoms with Crippen molar-refractivity contribution in [1.29, 1.82) is 0 Å². The van der Waals surface area contributed by atoms with Crippen LogP contribution in [0.2, 0.25) is 0 Å². The second-order valence-electron chi connectivity index (χ2n) is 7.16. The molecule has 19 heavy (non-hydrogen) atoms. The first-order chi connectivity index (χ1) is 8.98. The first kappa shape index (κ1) is 19.3. The number of halogens is 1. The lowest BCUT2D eigenvalue weighted by atomic mass is 9.88. The minimum Gasteiger partial charge on any atom is -0.122 e. The Labute approximate surface area is 127 Å².